The molecule has 2 aromatic heterocycles. The van der Waals surface area contributed by atoms with Crippen molar-refractivity contribution in [3.8, 4) is 22.3 Å². The van der Waals surface area contributed by atoms with Gasteiger partial charge in [0.25, 0.3) is 0 Å². The zero-order chi connectivity index (χ0) is 39.3. The van der Waals surface area contributed by atoms with Gasteiger partial charge in [0.15, 0.2) is 11.7 Å². The maximum absolute atomic E-state index is 6.61. The number of rotatable bonds is 6. The van der Waals surface area contributed by atoms with Crippen molar-refractivity contribution in [1.29, 1.82) is 0 Å². The summed E-state index contributed by atoms with van der Waals surface area (Å²) in [5, 5.41) is 9.33. The smallest absolute Gasteiger partial charge is 0.161 e. The second-order valence-electron chi connectivity index (χ2n) is 14.8. The Bertz CT molecular complexity index is 3500. The van der Waals surface area contributed by atoms with Gasteiger partial charge in [-0.25, -0.2) is 9.98 Å². The molecule has 0 aliphatic heterocycles. The van der Waals surface area contributed by atoms with Crippen molar-refractivity contribution >= 4 is 93.4 Å². The predicted molar refractivity (Wildman–Crippen MR) is 252 cm³/mol. The molecule has 0 spiro atoms. The van der Waals surface area contributed by atoms with E-state index in [2.05, 4.69) is 163 Å². The van der Waals surface area contributed by atoms with Crippen LogP contribution in [0.25, 0.3) is 85.9 Å². The van der Waals surface area contributed by atoms with Crippen LogP contribution in [0.5, 0.6) is 0 Å². The summed E-state index contributed by atoms with van der Waals surface area (Å²) < 4.78 is 9.09. The molecule has 0 amide bonds. The molecule has 0 radical (unpaired) electrons. The molecule has 0 saturated carbocycles. The molecule has 2 heterocycles. The van der Waals surface area contributed by atoms with Gasteiger partial charge in [0, 0.05) is 42.1 Å². The molecule has 11 aromatic rings. The van der Waals surface area contributed by atoms with Gasteiger partial charge in [-0.1, -0.05) is 127 Å². The molecule has 0 saturated heterocycles. The van der Waals surface area contributed by atoms with Crippen LogP contribution < -0.4 is 0 Å². The van der Waals surface area contributed by atoms with Crippen LogP contribution in [-0.4, -0.2) is 18.4 Å². The van der Waals surface area contributed by atoms with Crippen LogP contribution in [0, 0.1) is 0 Å². The summed E-state index contributed by atoms with van der Waals surface area (Å²) in [4.78, 5) is 14.8. The molecule has 59 heavy (non-hydrogen) atoms. The van der Waals surface area contributed by atoms with Gasteiger partial charge < -0.3 is 4.42 Å². The molecule has 0 N–H and O–H groups in total. The van der Waals surface area contributed by atoms with Crippen molar-refractivity contribution in [3.05, 3.63) is 205 Å². The standard InChI is InChI=1S/C54H35N3OS/c1-55-53(40-25-26-51-46(30-40)43-19-10-12-22-50(43)59-51)57-54(36-14-3-2-4-15-36)56-33-34-27-39-17-7-8-18-42(39)45(28-34)47-31-41(38-24-23-35-13-5-6-16-37(35)29-38)32-49-52(47)44-20-9-11-21-48(44)58-49/h2-32H,1,33H2. The lowest BCUT2D eigenvalue weighted by Gasteiger charge is -2.14. The first-order valence-electron chi connectivity index (χ1n) is 19.7. The number of thiophene rings is 1. The molecular weight excluding hydrogens is 739 g/mol. The number of benzene rings is 9. The zero-order valence-electron chi connectivity index (χ0n) is 32.0. The molecule has 11 rings (SSSR count). The maximum Gasteiger partial charge on any atom is 0.161 e. The van der Waals surface area contributed by atoms with Crippen LogP contribution in [-0.2, 0) is 6.54 Å². The van der Waals surface area contributed by atoms with E-state index in [-0.39, 0.29) is 0 Å². The van der Waals surface area contributed by atoms with E-state index < -0.39 is 0 Å². The topological polar surface area (TPSA) is 50.2 Å². The Morgan fingerprint density at radius 2 is 1.20 bits per heavy atom. The second-order valence-corrected chi connectivity index (χ2v) is 15.9. The summed E-state index contributed by atoms with van der Waals surface area (Å²) >= 11 is 1.79. The Balaban J connectivity index is 1.07. The maximum atomic E-state index is 6.61. The number of hydrogen-bond acceptors (Lipinski definition) is 3. The highest BCUT2D eigenvalue weighted by molar-refractivity contribution is 7.25. The predicted octanol–water partition coefficient (Wildman–Crippen LogP) is 14.7. The number of para-hydroxylation sites is 1. The van der Waals surface area contributed by atoms with E-state index in [1.807, 2.05) is 36.4 Å². The molecule has 9 aromatic carbocycles. The summed E-state index contributed by atoms with van der Waals surface area (Å²) in [6.45, 7) is 4.36. The normalized spacial score (nSPS) is 12.4. The first-order chi connectivity index (χ1) is 29.2. The molecule has 0 aliphatic rings. The summed E-state index contributed by atoms with van der Waals surface area (Å²) in [6, 6.07) is 66.2. The van der Waals surface area contributed by atoms with E-state index in [4.69, 9.17) is 14.4 Å². The minimum Gasteiger partial charge on any atom is -0.456 e. The molecule has 0 fully saturated rings. The molecule has 0 atom stereocenters. The Labute approximate surface area is 344 Å². The lowest BCUT2D eigenvalue weighted by molar-refractivity contribution is 0.669. The Morgan fingerprint density at radius 3 is 2.07 bits per heavy atom. The van der Waals surface area contributed by atoms with Gasteiger partial charge in [-0.3, -0.25) is 4.99 Å². The summed E-state index contributed by atoms with van der Waals surface area (Å²) in [5.74, 6) is 1.13. The SMILES string of the molecule is C=NC(=NC(=NCc1cc(-c2cc(-c3ccc4ccccc4c3)cc3oc4ccccc4c23)c2ccccc2c1)c1ccccc1)c1ccc2sc3ccccc3c2c1. The highest BCUT2D eigenvalue weighted by Crippen LogP contribution is 2.43. The Morgan fingerprint density at radius 1 is 0.475 bits per heavy atom. The molecule has 0 unspecified atom stereocenters. The van der Waals surface area contributed by atoms with Crippen LogP contribution >= 0.6 is 11.3 Å². The van der Waals surface area contributed by atoms with E-state index in [1.54, 1.807) is 11.3 Å². The minimum atomic E-state index is 0.407. The van der Waals surface area contributed by atoms with Crippen LogP contribution in [0.1, 0.15) is 16.7 Å². The third kappa shape index (κ3) is 6.29. The van der Waals surface area contributed by atoms with Crippen molar-refractivity contribution in [2.24, 2.45) is 15.0 Å². The lowest BCUT2D eigenvalue weighted by Crippen LogP contribution is -2.05. The lowest BCUT2D eigenvalue weighted by atomic mass is 9.90. The number of nitrogens with zero attached hydrogens (tertiary/aromatic N) is 3. The Hall–Kier alpha value is -7.47. The molecular formula is C54H35N3OS. The monoisotopic (exact) mass is 773 g/mol. The molecule has 0 bridgehead atoms. The average molecular weight is 774 g/mol. The van der Waals surface area contributed by atoms with E-state index in [0.717, 1.165) is 66.3 Å². The molecule has 5 heteroatoms. The van der Waals surface area contributed by atoms with Crippen molar-refractivity contribution < 1.29 is 4.42 Å². The van der Waals surface area contributed by atoms with Gasteiger partial charge in [0.2, 0.25) is 0 Å². The highest BCUT2D eigenvalue weighted by atomic mass is 32.1. The summed E-state index contributed by atoms with van der Waals surface area (Å²) in [5.41, 5.74) is 9.09. The number of furan rings is 1. The van der Waals surface area contributed by atoms with Crippen molar-refractivity contribution in [2.75, 3.05) is 0 Å². The Kier molecular flexibility index (Phi) is 8.53. The van der Waals surface area contributed by atoms with Gasteiger partial charge in [-0.15, -0.1) is 11.3 Å². The van der Waals surface area contributed by atoms with Gasteiger partial charge in [-0.05, 0) is 117 Å². The van der Waals surface area contributed by atoms with Gasteiger partial charge >= 0.3 is 0 Å². The third-order valence-corrected chi connectivity index (χ3v) is 12.4. The van der Waals surface area contributed by atoms with Crippen molar-refractivity contribution in [1.82, 2.24) is 0 Å². The number of amidine groups is 2. The quantitative estimate of drug-likeness (QED) is 0.123. The van der Waals surface area contributed by atoms with Crippen LogP contribution in [0.2, 0.25) is 0 Å². The second kappa shape index (κ2) is 14.5. The van der Waals surface area contributed by atoms with Crippen LogP contribution in [0.15, 0.2) is 207 Å². The van der Waals surface area contributed by atoms with Crippen molar-refractivity contribution in [2.45, 2.75) is 6.54 Å². The van der Waals surface area contributed by atoms with Gasteiger partial charge in [-0.2, -0.15) is 0 Å². The fourth-order valence-corrected chi connectivity index (χ4v) is 9.48. The van der Waals surface area contributed by atoms with E-state index in [1.165, 1.54) is 36.3 Å². The summed E-state index contributed by atoms with van der Waals surface area (Å²) in [6.07, 6.45) is 0. The van der Waals surface area contributed by atoms with E-state index in [0.29, 0.717) is 18.2 Å². The molecule has 0 aliphatic carbocycles. The molecule has 4 nitrogen and oxygen atoms in total. The van der Waals surface area contributed by atoms with Gasteiger partial charge in [0.05, 0.1) is 6.54 Å². The van der Waals surface area contributed by atoms with Crippen LogP contribution in [0.3, 0.4) is 0 Å². The average Bonchev–Trinajstić information content (AvgIpc) is 3.87. The van der Waals surface area contributed by atoms with E-state index in [9.17, 15) is 0 Å². The minimum absolute atomic E-state index is 0.407. The van der Waals surface area contributed by atoms with Crippen LogP contribution in [0.4, 0.5) is 0 Å². The zero-order valence-corrected chi connectivity index (χ0v) is 32.8. The fourth-order valence-electron chi connectivity index (χ4n) is 8.39. The largest absolute Gasteiger partial charge is 0.456 e. The van der Waals surface area contributed by atoms with Crippen molar-refractivity contribution in [3.63, 3.8) is 0 Å². The number of hydrogen-bond donors (Lipinski definition) is 0. The van der Waals surface area contributed by atoms with Gasteiger partial charge in [0.1, 0.15) is 11.2 Å². The fraction of sp³-hybridized carbons (Fsp3) is 0.0185. The first kappa shape index (κ1) is 34.8. The van der Waals surface area contributed by atoms with E-state index >= 15 is 0 Å². The highest BCUT2D eigenvalue weighted by Gasteiger charge is 2.18. The first-order valence-corrected chi connectivity index (χ1v) is 20.5. The summed E-state index contributed by atoms with van der Waals surface area (Å²) in [7, 11) is 0. The number of fused-ring (bicyclic) bond motifs is 8. The molecule has 278 valence electrons. The number of aliphatic imine (C=N–C) groups is 3. The third-order valence-electron chi connectivity index (χ3n) is 11.2.